The highest BCUT2D eigenvalue weighted by Gasteiger charge is 2.07. The van der Waals surface area contributed by atoms with Crippen molar-refractivity contribution >= 4 is 10.9 Å². The molecule has 4 nitrogen and oxygen atoms in total. The van der Waals surface area contributed by atoms with Gasteiger partial charge in [-0.3, -0.25) is 0 Å². The van der Waals surface area contributed by atoms with E-state index in [4.69, 9.17) is 0 Å². The van der Waals surface area contributed by atoms with E-state index in [9.17, 15) is 0 Å². The van der Waals surface area contributed by atoms with Gasteiger partial charge in [0, 0.05) is 35.4 Å². The summed E-state index contributed by atoms with van der Waals surface area (Å²) < 4.78 is 2.22. The van der Waals surface area contributed by atoms with E-state index in [2.05, 4.69) is 71.1 Å². The van der Waals surface area contributed by atoms with Crippen LogP contribution in [-0.4, -0.2) is 27.1 Å². The molecule has 1 atom stereocenters. The molecule has 0 unspecified atom stereocenters. The first-order valence-electron chi connectivity index (χ1n) is 7.92. The maximum atomic E-state index is 4.36. The van der Waals surface area contributed by atoms with Gasteiger partial charge < -0.3 is 14.9 Å². The Kier molecular flexibility index (Phi) is 4.29. The minimum absolute atomic E-state index is 0.428. The number of H-pyrrole nitrogens is 1. The van der Waals surface area contributed by atoms with Crippen LogP contribution >= 0.6 is 0 Å². The zero-order valence-corrected chi connectivity index (χ0v) is 13.6. The van der Waals surface area contributed by atoms with Gasteiger partial charge in [-0.15, -0.1) is 0 Å². The van der Waals surface area contributed by atoms with Gasteiger partial charge in [0.2, 0.25) is 0 Å². The predicted octanol–water partition coefficient (Wildman–Crippen LogP) is 3.20. The number of imidazole rings is 1. The molecule has 1 aromatic carbocycles. The molecule has 4 heteroatoms. The van der Waals surface area contributed by atoms with Crippen molar-refractivity contribution in [2.75, 3.05) is 6.54 Å². The third-order valence-electron chi connectivity index (χ3n) is 4.38. The van der Waals surface area contributed by atoms with E-state index in [1.807, 2.05) is 6.33 Å². The van der Waals surface area contributed by atoms with Crippen LogP contribution in [0.25, 0.3) is 10.9 Å². The molecule has 3 rings (SSSR count). The number of aryl methyl sites for hydroxylation is 1. The first kappa shape index (κ1) is 14.9. The first-order valence-corrected chi connectivity index (χ1v) is 7.92. The van der Waals surface area contributed by atoms with Crippen molar-refractivity contribution < 1.29 is 0 Å². The Hall–Kier alpha value is -2.07. The summed E-state index contributed by atoms with van der Waals surface area (Å²) in [5, 5.41) is 4.94. The van der Waals surface area contributed by atoms with E-state index in [0.29, 0.717) is 6.04 Å². The molecule has 116 valence electrons. The second-order valence-electron chi connectivity index (χ2n) is 6.03. The molecule has 0 amide bonds. The zero-order valence-electron chi connectivity index (χ0n) is 13.6. The molecule has 0 saturated heterocycles. The van der Waals surface area contributed by atoms with E-state index < -0.39 is 0 Å². The lowest BCUT2D eigenvalue weighted by atomic mass is 10.1. The highest BCUT2D eigenvalue weighted by Crippen LogP contribution is 2.17. The van der Waals surface area contributed by atoms with Crippen LogP contribution in [0.5, 0.6) is 0 Å². The lowest BCUT2D eigenvalue weighted by Gasteiger charge is -2.15. The molecule has 0 radical (unpaired) electrons. The lowest BCUT2D eigenvalue weighted by Crippen LogP contribution is -2.32. The van der Waals surface area contributed by atoms with Crippen LogP contribution in [-0.2, 0) is 13.0 Å². The normalized spacial score (nSPS) is 12.9. The number of nitrogens with one attached hydrogen (secondary N) is 2. The highest BCUT2D eigenvalue weighted by atomic mass is 15.1. The fourth-order valence-corrected chi connectivity index (χ4v) is 2.88. The van der Waals surface area contributed by atoms with Gasteiger partial charge >= 0.3 is 0 Å². The fourth-order valence-electron chi connectivity index (χ4n) is 2.88. The number of hydrogen-bond donors (Lipinski definition) is 2. The van der Waals surface area contributed by atoms with Crippen molar-refractivity contribution in [1.29, 1.82) is 0 Å². The average molecular weight is 296 g/mol. The summed E-state index contributed by atoms with van der Waals surface area (Å²) in [4.78, 5) is 7.69. The molecular weight excluding hydrogens is 272 g/mol. The van der Waals surface area contributed by atoms with E-state index in [1.54, 1.807) is 0 Å². The standard InChI is InChI=1S/C18H24N4/c1-13(11-22-12-21-14(2)15(22)3)19-9-8-16-10-20-18-7-5-4-6-17(16)18/h4-7,10,12-13,19-20H,8-9,11H2,1-3H3/t13-/m0/s1. The summed E-state index contributed by atoms with van der Waals surface area (Å²) in [6.45, 7) is 8.35. The number of aromatic nitrogens is 3. The quantitative estimate of drug-likeness (QED) is 0.734. The first-order chi connectivity index (χ1) is 10.6. The second-order valence-corrected chi connectivity index (χ2v) is 6.03. The van der Waals surface area contributed by atoms with Gasteiger partial charge in [-0.1, -0.05) is 18.2 Å². The van der Waals surface area contributed by atoms with Crippen LogP contribution in [0.1, 0.15) is 23.9 Å². The molecule has 0 aliphatic carbocycles. The smallest absolute Gasteiger partial charge is 0.0951 e. The molecule has 0 bridgehead atoms. The summed E-state index contributed by atoms with van der Waals surface area (Å²) in [5.74, 6) is 0. The van der Waals surface area contributed by atoms with E-state index in [1.165, 1.54) is 22.2 Å². The number of para-hydroxylation sites is 1. The maximum Gasteiger partial charge on any atom is 0.0951 e. The molecule has 3 aromatic rings. The van der Waals surface area contributed by atoms with Crippen molar-refractivity contribution in [3.05, 3.63) is 53.7 Å². The topological polar surface area (TPSA) is 45.6 Å². The number of fused-ring (bicyclic) bond motifs is 1. The van der Waals surface area contributed by atoms with Crippen molar-refractivity contribution in [1.82, 2.24) is 19.9 Å². The summed E-state index contributed by atoms with van der Waals surface area (Å²) in [7, 11) is 0. The lowest BCUT2D eigenvalue weighted by molar-refractivity contribution is 0.475. The molecule has 0 aliphatic heterocycles. The number of benzene rings is 1. The van der Waals surface area contributed by atoms with Crippen LogP contribution in [0, 0.1) is 13.8 Å². The van der Waals surface area contributed by atoms with Gasteiger partial charge in [-0.2, -0.15) is 0 Å². The maximum absolute atomic E-state index is 4.36. The van der Waals surface area contributed by atoms with Crippen LogP contribution in [0.2, 0.25) is 0 Å². The molecule has 2 aromatic heterocycles. The number of hydrogen-bond acceptors (Lipinski definition) is 2. The van der Waals surface area contributed by atoms with Crippen molar-refractivity contribution in [2.45, 2.75) is 39.8 Å². The van der Waals surface area contributed by atoms with Crippen LogP contribution in [0.3, 0.4) is 0 Å². The molecule has 0 saturated carbocycles. The Morgan fingerprint density at radius 3 is 2.86 bits per heavy atom. The fraction of sp³-hybridized carbons (Fsp3) is 0.389. The van der Waals surface area contributed by atoms with Crippen LogP contribution in [0.15, 0.2) is 36.8 Å². The van der Waals surface area contributed by atoms with Gasteiger partial charge in [-0.05, 0) is 45.4 Å². The Morgan fingerprint density at radius 2 is 2.09 bits per heavy atom. The number of rotatable bonds is 6. The minimum atomic E-state index is 0.428. The molecule has 2 heterocycles. The van der Waals surface area contributed by atoms with Gasteiger partial charge in [0.1, 0.15) is 0 Å². The highest BCUT2D eigenvalue weighted by molar-refractivity contribution is 5.83. The molecule has 0 fully saturated rings. The van der Waals surface area contributed by atoms with Gasteiger partial charge in [0.15, 0.2) is 0 Å². The summed E-state index contributed by atoms with van der Waals surface area (Å²) in [5.41, 5.74) is 4.97. The zero-order chi connectivity index (χ0) is 15.5. The second kappa shape index (κ2) is 6.36. The van der Waals surface area contributed by atoms with Gasteiger partial charge in [0.05, 0.1) is 12.0 Å². The van der Waals surface area contributed by atoms with Gasteiger partial charge in [-0.25, -0.2) is 4.98 Å². The monoisotopic (exact) mass is 296 g/mol. The average Bonchev–Trinajstić information content (AvgIpc) is 3.06. The van der Waals surface area contributed by atoms with Crippen LogP contribution in [0.4, 0.5) is 0 Å². The Labute approximate surface area is 131 Å². The Balaban J connectivity index is 1.53. The number of aromatic amines is 1. The summed E-state index contributed by atoms with van der Waals surface area (Å²) in [6, 6.07) is 8.90. The Morgan fingerprint density at radius 1 is 1.27 bits per heavy atom. The van der Waals surface area contributed by atoms with E-state index in [-0.39, 0.29) is 0 Å². The molecule has 0 aliphatic rings. The molecule has 2 N–H and O–H groups in total. The number of nitrogens with zero attached hydrogens (tertiary/aromatic N) is 2. The summed E-state index contributed by atoms with van der Waals surface area (Å²) >= 11 is 0. The van der Waals surface area contributed by atoms with Crippen LogP contribution < -0.4 is 5.32 Å². The van der Waals surface area contributed by atoms with Crippen molar-refractivity contribution in [3.63, 3.8) is 0 Å². The Bertz CT molecular complexity index is 753. The summed E-state index contributed by atoms with van der Waals surface area (Å²) in [6.07, 6.45) is 5.10. The largest absolute Gasteiger partial charge is 0.361 e. The van der Waals surface area contributed by atoms with Gasteiger partial charge in [0.25, 0.3) is 0 Å². The third-order valence-corrected chi connectivity index (χ3v) is 4.38. The minimum Gasteiger partial charge on any atom is -0.361 e. The SMILES string of the molecule is Cc1ncn(C[C@H](C)NCCc2c[nH]c3ccccc23)c1C. The molecule has 0 spiro atoms. The van der Waals surface area contributed by atoms with Crippen molar-refractivity contribution in [3.8, 4) is 0 Å². The third kappa shape index (κ3) is 3.07. The van der Waals surface area contributed by atoms with E-state index in [0.717, 1.165) is 25.2 Å². The van der Waals surface area contributed by atoms with Crippen molar-refractivity contribution in [2.24, 2.45) is 0 Å². The predicted molar refractivity (Wildman–Crippen MR) is 91.2 cm³/mol. The molecule has 22 heavy (non-hydrogen) atoms. The molecular formula is C18H24N4. The van der Waals surface area contributed by atoms with E-state index >= 15 is 0 Å².